The predicted molar refractivity (Wildman–Crippen MR) is 108 cm³/mol. The van der Waals surface area contributed by atoms with E-state index >= 15 is 0 Å². The third-order valence-electron chi connectivity index (χ3n) is 6.07. The molecule has 174 valence electrons. The Balaban J connectivity index is 1.76. The first-order valence-electron chi connectivity index (χ1n) is 10.6. The largest absolute Gasteiger partial charge is 0.481 e. The van der Waals surface area contributed by atoms with Crippen LogP contribution < -0.4 is 4.74 Å². The number of carboxylic acid groups (broad SMARTS) is 1. The summed E-state index contributed by atoms with van der Waals surface area (Å²) in [4.78, 5) is 24.0. The number of carbonyl (C=O) groups excluding carboxylic acids is 1. The molecule has 0 aliphatic heterocycles. The van der Waals surface area contributed by atoms with E-state index in [2.05, 4.69) is 10.3 Å². The molecule has 1 aliphatic rings. The number of Topliss-reactive ketones (excluding diaryl/α,β-unsaturated/α-hetero) is 1. The summed E-state index contributed by atoms with van der Waals surface area (Å²) in [6.07, 6.45) is 6.57. The van der Waals surface area contributed by atoms with Crippen LogP contribution in [0.5, 0.6) is 5.75 Å². The topological polar surface area (TPSA) is 94.3 Å². The Hall–Kier alpha value is -2.91. The number of aryl methyl sites for hydroxylation is 1. The SMILES string of the molecule is Cc1cc(F)c(F)c(OCC(=O)C(CC(=O)O)n2cc(C(C)C3CCCCC3)nn2)c1F. The van der Waals surface area contributed by atoms with E-state index in [0.29, 0.717) is 17.7 Å². The van der Waals surface area contributed by atoms with Crippen molar-refractivity contribution < 1.29 is 32.6 Å². The van der Waals surface area contributed by atoms with Crippen molar-refractivity contribution >= 4 is 11.8 Å². The molecule has 2 atom stereocenters. The zero-order chi connectivity index (χ0) is 23.4. The van der Waals surface area contributed by atoms with Crippen molar-refractivity contribution in [1.29, 1.82) is 0 Å². The summed E-state index contributed by atoms with van der Waals surface area (Å²) in [5.41, 5.74) is 0.463. The van der Waals surface area contributed by atoms with Crippen molar-refractivity contribution in [3.8, 4) is 5.75 Å². The van der Waals surface area contributed by atoms with Gasteiger partial charge in [-0.2, -0.15) is 4.39 Å². The van der Waals surface area contributed by atoms with E-state index in [1.54, 1.807) is 0 Å². The standard InChI is InChI=1S/C22H26F3N3O4/c1-12-8-15(23)21(25)22(20(12)24)32-11-18(29)17(9-19(30)31)28-10-16(26-27-28)13(2)14-6-4-3-5-7-14/h8,10,13-14,17H,3-7,9,11H2,1-2H3,(H,30,31). The zero-order valence-electron chi connectivity index (χ0n) is 18.0. The number of benzene rings is 1. The highest BCUT2D eigenvalue weighted by molar-refractivity contribution is 5.87. The molecule has 1 saturated carbocycles. The lowest BCUT2D eigenvalue weighted by atomic mass is 9.80. The van der Waals surface area contributed by atoms with Gasteiger partial charge in [-0.1, -0.05) is 31.4 Å². The van der Waals surface area contributed by atoms with E-state index in [4.69, 9.17) is 4.74 Å². The maximum atomic E-state index is 14.1. The monoisotopic (exact) mass is 453 g/mol. The van der Waals surface area contributed by atoms with E-state index in [0.717, 1.165) is 30.4 Å². The summed E-state index contributed by atoms with van der Waals surface area (Å²) in [6.45, 7) is 2.39. The molecule has 1 aromatic heterocycles. The fourth-order valence-electron chi connectivity index (χ4n) is 4.11. The lowest BCUT2D eigenvalue weighted by Crippen LogP contribution is -2.28. The number of nitrogens with zero attached hydrogens (tertiary/aromatic N) is 3. The molecular weight excluding hydrogens is 427 g/mol. The minimum Gasteiger partial charge on any atom is -0.481 e. The highest BCUT2D eigenvalue weighted by Crippen LogP contribution is 2.35. The van der Waals surface area contributed by atoms with Crippen molar-refractivity contribution in [3.05, 3.63) is 41.0 Å². The molecule has 32 heavy (non-hydrogen) atoms. The zero-order valence-corrected chi connectivity index (χ0v) is 18.0. The quantitative estimate of drug-likeness (QED) is 0.568. The Bertz CT molecular complexity index is 963. The lowest BCUT2D eigenvalue weighted by Gasteiger charge is -2.26. The molecule has 0 amide bonds. The Morgan fingerprint density at radius 2 is 1.91 bits per heavy atom. The van der Waals surface area contributed by atoms with Gasteiger partial charge in [-0.25, -0.2) is 13.5 Å². The Kier molecular flexibility index (Phi) is 7.52. The van der Waals surface area contributed by atoms with Crippen LogP contribution in [0.2, 0.25) is 0 Å². The molecule has 2 unspecified atom stereocenters. The number of hydrogen-bond acceptors (Lipinski definition) is 5. The number of ketones is 1. The molecule has 3 rings (SSSR count). The Morgan fingerprint density at radius 1 is 1.22 bits per heavy atom. The average Bonchev–Trinajstić information content (AvgIpc) is 3.25. The summed E-state index contributed by atoms with van der Waals surface area (Å²) < 4.78 is 47.7. The first kappa shape index (κ1) is 23.7. The van der Waals surface area contributed by atoms with Gasteiger partial charge in [-0.15, -0.1) is 5.10 Å². The third kappa shape index (κ3) is 5.28. The molecule has 1 N–H and O–H groups in total. The van der Waals surface area contributed by atoms with E-state index in [-0.39, 0.29) is 11.5 Å². The summed E-state index contributed by atoms with van der Waals surface area (Å²) in [6, 6.07) is -0.607. The third-order valence-corrected chi connectivity index (χ3v) is 6.07. The summed E-state index contributed by atoms with van der Waals surface area (Å²) >= 11 is 0. The number of rotatable bonds is 9. The Morgan fingerprint density at radius 3 is 2.56 bits per heavy atom. The molecule has 1 aromatic carbocycles. The van der Waals surface area contributed by atoms with Crippen molar-refractivity contribution in [1.82, 2.24) is 15.0 Å². The lowest BCUT2D eigenvalue weighted by molar-refractivity contribution is -0.140. The fraction of sp³-hybridized carbons (Fsp3) is 0.545. The molecule has 7 nitrogen and oxygen atoms in total. The fourth-order valence-corrected chi connectivity index (χ4v) is 4.11. The van der Waals surface area contributed by atoms with E-state index in [1.807, 2.05) is 6.92 Å². The van der Waals surface area contributed by atoms with Crippen molar-refractivity contribution in [3.63, 3.8) is 0 Å². The highest BCUT2D eigenvalue weighted by atomic mass is 19.2. The van der Waals surface area contributed by atoms with Crippen LogP contribution in [0, 0.1) is 30.3 Å². The number of hydrogen-bond donors (Lipinski definition) is 1. The normalized spacial score (nSPS) is 16.5. The molecular formula is C22H26F3N3O4. The molecule has 0 bridgehead atoms. The molecule has 0 spiro atoms. The molecule has 1 fully saturated rings. The van der Waals surface area contributed by atoms with Crippen LogP contribution in [0.3, 0.4) is 0 Å². The van der Waals surface area contributed by atoms with Crippen LogP contribution in [0.15, 0.2) is 12.3 Å². The van der Waals surface area contributed by atoms with E-state index < -0.39 is 54.0 Å². The second-order valence-electron chi connectivity index (χ2n) is 8.31. The summed E-state index contributed by atoms with van der Waals surface area (Å²) in [5.74, 6) is -6.53. The van der Waals surface area contributed by atoms with Crippen molar-refractivity contribution in [2.45, 2.75) is 64.3 Å². The van der Waals surface area contributed by atoms with Gasteiger partial charge >= 0.3 is 5.97 Å². The number of ether oxygens (including phenoxy) is 1. The maximum Gasteiger partial charge on any atom is 0.305 e. The van der Waals surface area contributed by atoms with Gasteiger partial charge in [0.05, 0.1) is 12.1 Å². The minimum absolute atomic E-state index is 0.0966. The minimum atomic E-state index is -1.56. The Labute approximate surface area is 183 Å². The van der Waals surface area contributed by atoms with Gasteiger partial charge < -0.3 is 9.84 Å². The van der Waals surface area contributed by atoms with Gasteiger partial charge in [0.2, 0.25) is 5.82 Å². The summed E-state index contributed by atoms with van der Waals surface area (Å²) in [7, 11) is 0. The number of carboxylic acids is 1. The molecule has 2 aromatic rings. The predicted octanol–water partition coefficient (Wildman–Crippen LogP) is 4.35. The first-order valence-corrected chi connectivity index (χ1v) is 10.6. The smallest absolute Gasteiger partial charge is 0.305 e. The molecule has 0 radical (unpaired) electrons. The summed E-state index contributed by atoms with van der Waals surface area (Å²) in [5, 5.41) is 17.3. The van der Waals surface area contributed by atoms with Gasteiger partial charge in [-0.05, 0) is 37.3 Å². The van der Waals surface area contributed by atoms with Crippen LogP contribution in [0.1, 0.15) is 68.7 Å². The number of aliphatic carboxylic acids is 1. The average molecular weight is 453 g/mol. The van der Waals surface area contributed by atoms with Crippen LogP contribution in [-0.4, -0.2) is 38.5 Å². The van der Waals surface area contributed by atoms with E-state index in [1.165, 1.54) is 19.5 Å². The number of aromatic nitrogens is 3. The second kappa shape index (κ2) is 10.1. The van der Waals surface area contributed by atoms with Gasteiger partial charge in [0.1, 0.15) is 12.6 Å². The van der Waals surface area contributed by atoms with Crippen LogP contribution in [0.4, 0.5) is 13.2 Å². The first-order chi connectivity index (χ1) is 15.2. The van der Waals surface area contributed by atoms with E-state index in [9.17, 15) is 27.9 Å². The van der Waals surface area contributed by atoms with Gasteiger partial charge in [-0.3, -0.25) is 9.59 Å². The van der Waals surface area contributed by atoms with Gasteiger partial charge in [0.25, 0.3) is 0 Å². The molecule has 10 heteroatoms. The van der Waals surface area contributed by atoms with Crippen LogP contribution in [0.25, 0.3) is 0 Å². The number of carbonyl (C=O) groups is 2. The molecule has 1 heterocycles. The van der Waals surface area contributed by atoms with Gasteiger partial charge in [0, 0.05) is 12.1 Å². The van der Waals surface area contributed by atoms with Gasteiger partial charge in [0.15, 0.2) is 23.2 Å². The number of halogens is 3. The van der Waals surface area contributed by atoms with Crippen molar-refractivity contribution in [2.24, 2.45) is 5.92 Å². The molecule has 0 saturated heterocycles. The van der Waals surface area contributed by atoms with Crippen LogP contribution >= 0.6 is 0 Å². The van der Waals surface area contributed by atoms with Crippen molar-refractivity contribution in [2.75, 3.05) is 6.61 Å². The highest BCUT2D eigenvalue weighted by Gasteiger charge is 2.29. The second-order valence-corrected chi connectivity index (χ2v) is 8.31. The van der Waals surface area contributed by atoms with Crippen LogP contribution in [-0.2, 0) is 9.59 Å². The molecule has 1 aliphatic carbocycles. The maximum absolute atomic E-state index is 14.1.